The molecule has 0 aliphatic carbocycles. The Labute approximate surface area is 120 Å². The van der Waals surface area contributed by atoms with Crippen LogP contribution >= 0.6 is 27.5 Å². The highest BCUT2D eigenvalue weighted by Gasteiger charge is 2.22. The molecule has 4 N–H and O–H groups in total. The number of rotatable bonds is 5. The Morgan fingerprint density at radius 2 is 2.22 bits per heavy atom. The van der Waals surface area contributed by atoms with E-state index in [0.29, 0.717) is 11.6 Å². The third-order valence-electron chi connectivity index (χ3n) is 2.80. The Morgan fingerprint density at radius 1 is 1.56 bits per heavy atom. The van der Waals surface area contributed by atoms with Crippen molar-refractivity contribution in [3.63, 3.8) is 0 Å². The second-order valence-corrected chi connectivity index (χ2v) is 5.99. The Balaban J connectivity index is 2.57. The van der Waals surface area contributed by atoms with E-state index < -0.39 is 0 Å². The number of anilines is 1. The second-order valence-electron chi connectivity index (χ2n) is 4.67. The fourth-order valence-electron chi connectivity index (χ4n) is 1.41. The number of nitrogens with zero attached hydrogens (tertiary/aromatic N) is 1. The summed E-state index contributed by atoms with van der Waals surface area (Å²) in [6.07, 6.45) is 0.731. The lowest BCUT2D eigenvalue weighted by Crippen LogP contribution is -2.33. The van der Waals surface area contributed by atoms with Crippen molar-refractivity contribution in [2.24, 2.45) is 16.3 Å². The number of nitrogens with one attached hydrogen (secondary N) is 1. The molecule has 1 rings (SSSR count). The van der Waals surface area contributed by atoms with Crippen molar-refractivity contribution in [1.29, 1.82) is 0 Å². The van der Waals surface area contributed by atoms with Gasteiger partial charge in [0.05, 0.1) is 10.7 Å². The molecule has 0 saturated carbocycles. The van der Waals surface area contributed by atoms with Crippen molar-refractivity contribution in [2.45, 2.75) is 20.3 Å². The molecule has 0 aliphatic rings. The first-order valence-electron chi connectivity index (χ1n) is 5.54. The van der Waals surface area contributed by atoms with Gasteiger partial charge >= 0.3 is 0 Å². The largest absolute Gasteiger partial charge is 0.409 e. The van der Waals surface area contributed by atoms with E-state index in [1.54, 1.807) is 0 Å². The molecule has 6 heteroatoms. The molecule has 18 heavy (non-hydrogen) atoms. The van der Waals surface area contributed by atoms with Gasteiger partial charge in [-0.3, -0.25) is 0 Å². The van der Waals surface area contributed by atoms with Gasteiger partial charge in [-0.15, -0.1) is 0 Å². The van der Waals surface area contributed by atoms with Crippen molar-refractivity contribution < 1.29 is 5.21 Å². The van der Waals surface area contributed by atoms with Gasteiger partial charge in [0.25, 0.3) is 0 Å². The summed E-state index contributed by atoms with van der Waals surface area (Å²) in [5.41, 5.74) is 6.13. The molecule has 0 saturated heterocycles. The SMILES string of the molecule is CC(C)(CCNc1ccc(Br)cc1Cl)C(N)=NO. The van der Waals surface area contributed by atoms with Crippen LogP contribution in [0, 0.1) is 5.41 Å². The molecule has 0 fully saturated rings. The molecule has 0 radical (unpaired) electrons. The minimum atomic E-state index is -0.358. The predicted octanol–water partition coefficient (Wildman–Crippen LogP) is 3.68. The van der Waals surface area contributed by atoms with Gasteiger partial charge in [-0.2, -0.15) is 0 Å². The van der Waals surface area contributed by atoms with E-state index in [-0.39, 0.29) is 11.3 Å². The average molecular weight is 335 g/mol. The van der Waals surface area contributed by atoms with Crippen LogP contribution in [0.1, 0.15) is 20.3 Å². The highest BCUT2D eigenvalue weighted by molar-refractivity contribution is 9.10. The molecule has 100 valence electrons. The first-order valence-corrected chi connectivity index (χ1v) is 6.71. The van der Waals surface area contributed by atoms with Crippen molar-refractivity contribution in [2.75, 3.05) is 11.9 Å². The molecule has 0 bridgehead atoms. The standard InChI is InChI=1S/C12H17BrClN3O/c1-12(2,11(15)17-18)5-6-16-10-4-3-8(13)7-9(10)14/h3-4,7,16,18H,5-6H2,1-2H3,(H2,15,17). The van der Waals surface area contributed by atoms with Crippen molar-refractivity contribution >= 4 is 39.1 Å². The molecule has 0 aliphatic heterocycles. The topological polar surface area (TPSA) is 70.6 Å². The van der Waals surface area contributed by atoms with E-state index in [2.05, 4.69) is 26.4 Å². The van der Waals surface area contributed by atoms with E-state index in [0.717, 1.165) is 16.6 Å². The first kappa shape index (κ1) is 15.1. The van der Waals surface area contributed by atoms with Crippen LogP contribution in [0.5, 0.6) is 0 Å². The zero-order chi connectivity index (χ0) is 13.8. The van der Waals surface area contributed by atoms with Crippen LogP contribution < -0.4 is 11.1 Å². The fraction of sp³-hybridized carbons (Fsp3) is 0.417. The molecular formula is C12H17BrClN3O. The summed E-state index contributed by atoms with van der Waals surface area (Å²) in [4.78, 5) is 0. The zero-order valence-electron chi connectivity index (χ0n) is 10.4. The number of amidine groups is 1. The Kier molecular flexibility index (Phi) is 5.28. The van der Waals surface area contributed by atoms with Crippen LogP contribution in [0.3, 0.4) is 0 Å². The minimum Gasteiger partial charge on any atom is -0.409 e. The zero-order valence-corrected chi connectivity index (χ0v) is 12.7. The summed E-state index contributed by atoms with van der Waals surface area (Å²) in [5, 5.41) is 15.6. The first-order chi connectivity index (χ1) is 8.36. The summed E-state index contributed by atoms with van der Waals surface area (Å²) in [5.74, 6) is 0.228. The lowest BCUT2D eigenvalue weighted by molar-refractivity contribution is 0.306. The molecule has 1 aromatic carbocycles. The molecule has 0 amide bonds. The normalized spacial score (nSPS) is 12.6. The maximum atomic E-state index is 8.68. The van der Waals surface area contributed by atoms with Gasteiger partial charge in [0.2, 0.25) is 0 Å². The number of hydrogen-bond donors (Lipinski definition) is 3. The van der Waals surface area contributed by atoms with E-state index in [1.807, 2.05) is 32.0 Å². The van der Waals surface area contributed by atoms with E-state index >= 15 is 0 Å². The Bertz CT molecular complexity index is 449. The van der Waals surface area contributed by atoms with E-state index in [1.165, 1.54) is 0 Å². The molecular weight excluding hydrogens is 318 g/mol. The summed E-state index contributed by atoms with van der Waals surface area (Å²) < 4.78 is 0.940. The molecule has 0 aromatic heterocycles. The number of oxime groups is 1. The third kappa shape index (κ3) is 4.07. The molecule has 1 aromatic rings. The average Bonchev–Trinajstić information content (AvgIpc) is 2.30. The van der Waals surface area contributed by atoms with Crippen LogP contribution in [-0.2, 0) is 0 Å². The summed E-state index contributed by atoms with van der Waals surface area (Å²) >= 11 is 9.44. The van der Waals surface area contributed by atoms with Crippen LogP contribution in [-0.4, -0.2) is 17.6 Å². The number of benzene rings is 1. The summed E-state index contributed by atoms with van der Waals surface area (Å²) in [6.45, 7) is 4.53. The summed E-state index contributed by atoms with van der Waals surface area (Å²) in [6, 6.07) is 5.66. The van der Waals surface area contributed by atoms with Gasteiger partial charge in [-0.25, -0.2) is 0 Å². The van der Waals surface area contributed by atoms with Crippen LogP contribution in [0.15, 0.2) is 27.8 Å². The van der Waals surface area contributed by atoms with Gasteiger partial charge in [-0.05, 0) is 24.6 Å². The second kappa shape index (κ2) is 6.29. The van der Waals surface area contributed by atoms with Crippen molar-refractivity contribution in [3.05, 3.63) is 27.7 Å². The van der Waals surface area contributed by atoms with Gasteiger partial charge in [0.15, 0.2) is 0 Å². The Hall–Kier alpha value is -0.940. The van der Waals surface area contributed by atoms with Crippen LogP contribution in [0.2, 0.25) is 5.02 Å². The molecule has 0 spiro atoms. The monoisotopic (exact) mass is 333 g/mol. The highest BCUT2D eigenvalue weighted by atomic mass is 79.9. The van der Waals surface area contributed by atoms with Gasteiger partial charge in [0.1, 0.15) is 5.84 Å². The molecule has 4 nitrogen and oxygen atoms in total. The van der Waals surface area contributed by atoms with E-state index in [4.69, 9.17) is 22.5 Å². The number of nitrogens with two attached hydrogens (primary N) is 1. The quantitative estimate of drug-likeness (QED) is 0.333. The fourth-order valence-corrected chi connectivity index (χ4v) is 2.15. The minimum absolute atomic E-state index is 0.228. The molecule has 0 unspecified atom stereocenters. The summed E-state index contributed by atoms with van der Waals surface area (Å²) in [7, 11) is 0. The molecule has 0 atom stereocenters. The molecule has 0 heterocycles. The highest BCUT2D eigenvalue weighted by Crippen LogP contribution is 2.26. The lowest BCUT2D eigenvalue weighted by Gasteiger charge is -2.23. The van der Waals surface area contributed by atoms with Crippen LogP contribution in [0.4, 0.5) is 5.69 Å². The van der Waals surface area contributed by atoms with Gasteiger partial charge in [-0.1, -0.05) is 46.5 Å². The number of halogens is 2. The van der Waals surface area contributed by atoms with Gasteiger partial charge in [0, 0.05) is 16.4 Å². The number of hydrogen-bond acceptors (Lipinski definition) is 3. The smallest absolute Gasteiger partial charge is 0.144 e. The third-order valence-corrected chi connectivity index (χ3v) is 3.60. The lowest BCUT2D eigenvalue weighted by atomic mass is 9.88. The Morgan fingerprint density at radius 3 is 2.78 bits per heavy atom. The maximum absolute atomic E-state index is 8.68. The predicted molar refractivity (Wildman–Crippen MR) is 79.4 cm³/mol. The van der Waals surface area contributed by atoms with Gasteiger partial charge < -0.3 is 16.3 Å². The van der Waals surface area contributed by atoms with Crippen molar-refractivity contribution in [1.82, 2.24) is 0 Å². The maximum Gasteiger partial charge on any atom is 0.144 e. The van der Waals surface area contributed by atoms with Crippen LogP contribution in [0.25, 0.3) is 0 Å². The van der Waals surface area contributed by atoms with Crippen molar-refractivity contribution in [3.8, 4) is 0 Å². The van der Waals surface area contributed by atoms with E-state index in [9.17, 15) is 0 Å².